The number of ketones is 1. The number of carboxylic acid groups (broad SMARTS) is 1. The van der Waals surface area contributed by atoms with Crippen molar-refractivity contribution in [1.29, 1.82) is 5.41 Å². The molecule has 6 N–H and O–H groups in total. The van der Waals surface area contributed by atoms with Crippen molar-refractivity contribution in [1.82, 2.24) is 14.2 Å². The van der Waals surface area contributed by atoms with Crippen molar-refractivity contribution in [2.75, 3.05) is 20.1 Å². The number of nitrogens with one attached hydrogen (secondary N) is 1. The summed E-state index contributed by atoms with van der Waals surface area (Å²) in [5.74, 6) is -2.76. The monoisotopic (exact) mass is 612 g/mol. The summed E-state index contributed by atoms with van der Waals surface area (Å²) in [4.78, 5) is 32.7. The van der Waals surface area contributed by atoms with E-state index in [1.165, 1.54) is 18.3 Å². The third-order valence-electron chi connectivity index (χ3n) is 7.19. The molecule has 0 radical (unpaired) electrons. The zero-order valence-corrected chi connectivity index (χ0v) is 24.6. The number of carboxylic acids is 1. The summed E-state index contributed by atoms with van der Waals surface area (Å²) in [5, 5.41) is 18.0. The standard InChI is InChI=1S/C26H32N6O5S.2ClH/c1-16-6-10-32(38(36,37)20-4-3-18-7-9-31(2)15-19(18)13-20)26(14-16,25(34)35)23(33)21(27)11-17-5-8-30-22(12-17)24(28)29;;/h3-6,8,12-13,21H,7,9-11,14-15,27H2,1-2H3,(H3,28,29)(H,34,35);2*1H/t21?,26-;;/m1../s1. The maximum Gasteiger partial charge on any atom is 0.333 e. The molecular weight excluding hydrogens is 579 g/mol. The number of hydrogen-bond donors (Lipinski definition) is 4. The molecule has 0 aliphatic carbocycles. The van der Waals surface area contributed by atoms with E-state index < -0.39 is 33.4 Å². The zero-order valence-electron chi connectivity index (χ0n) is 22.2. The van der Waals surface area contributed by atoms with Crippen LogP contribution in [0.5, 0.6) is 0 Å². The molecule has 218 valence electrons. The van der Waals surface area contributed by atoms with Crippen LogP contribution in [0.25, 0.3) is 0 Å². The molecule has 0 bridgehead atoms. The van der Waals surface area contributed by atoms with Crippen molar-refractivity contribution >= 4 is 52.4 Å². The van der Waals surface area contributed by atoms with Crippen molar-refractivity contribution in [2.45, 2.75) is 49.2 Å². The number of nitrogens with zero attached hydrogens (tertiary/aromatic N) is 3. The van der Waals surface area contributed by atoms with Gasteiger partial charge in [-0.05, 0) is 67.8 Å². The normalized spacial score (nSPS) is 20.2. The highest BCUT2D eigenvalue weighted by Gasteiger charge is 2.58. The molecular formula is C26H34Cl2N6O5S. The van der Waals surface area contributed by atoms with Crippen molar-refractivity contribution in [3.63, 3.8) is 0 Å². The van der Waals surface area contributed by atoms with Gasteiger partial charge < -0.3 is 21.5 Å². The van der Waals surface area contributed by atoms with Crippen LogP contribution >= 0.6 is 24.8 Å². The van der Waals surface area contributed by atoms with Crippen LogP contribution in [-0.2, 0) is 39.0 Å². The summed E-state index contributed by atoms with van der Waals surface area (Å²) in [6.07, 6.45) is 3.40. The van der Waals surface area contributed by atoms with E-state index in [0.29, 0.717) is 17.7 Å². The third kappa shape index (κ3) is 6.22. The van der Waals surface area contributed by atoms with Gasteiger partial charge >= 0.3 is 5.97 Å². The Hall–Kier alpha value is -2.87. The molecule has 1 aromatic carbocycles. The van der Waals surface area contributed by atoms with Gasteiger partial charge in [0.15, 0.2) is 11.3 Å². The Kier molecular flexibility index (Phi) is 10.6. The summed E-state index contributed by atoms with van der Waals surface area (Å²) >= 11 is 0. The lowest BCUT2D eigenvalue weighted by Gasteiger charge is -2.42. The third-order valence-corrected chi connectivity index (χ3v) is 9.08. The number of aromatic nitrogens is 1. The van der Waals surface area contributed by atoms with Gasteiger partial charge in [0.05, 0.1) is 10.9 Å². The van der Waals surface area contributed by atoms with Crippen LogP contribution in [0.2, 0.25) is 0 Å². The number of amidine groups is 1. The summed E-state index contributed by atoms with van der Waals surface area (Å²) in [7, 11) is -2.46. The van der Waals surface area contributed by atoms with Crippen LogP contribution in [0, 0.1) is 5.41 Å². The highest BCUT2D eigenvalue weighted by Crippen LogP contribution is 2.37. The van der Waals surface area contributed by atoms with Crippen molar-refractivity contribution in [2.24, 2.45) is 11.5 Å². The van der Waals surface area contributed by atoms with E-state index in [2.05, 4.69) is 9.88 Å². The number of carbonyl (C=O) groups excluding carboxylic acids is 1. The van der Waals surface area contributed by atoms with E-state index in [0.717, 1.165) is 28.4 Å². The van der Waals surface area contributed by atoms with Gasteiger partial charge in [-0.25, -0.2) is 13.2 Å². The number of halogens is 2. The zero-order chi connectivity index (χ0) is 27.8. The van der Waals surface area contributed by atoms with Gasteiger partial charge in [0.1, 0.15) is 11.5 Å². The predicted octanol–water partition coefficient (Wildman–Crippen LogP) is 1.50. The Labute approximate surface area is 246 Å². The van der Waals surface area contributed by atoms with Gasteiger partial charge in [-0.2, -0.15) is 4.31 Å². The number of carbonyl (C=O) groups is 2. The van der Waals surface area contributed by atoms with Crippen molar-refractivity contribution in [3.8, 4) is 0 Å². The Morgan fingerprint density at radius 1 is 1.20 bits per heavy atom. The number of sulfonamides is 1. The van der Waals surface area contributed by atoms with Crippen LogP contribution in [-0.4, -0.2) is 77.0 Å². The van der Waals surface area contributed by atoms with E-state index in [1.54, 1.807) is 31.2 Å². The summed E-state index contributed by atoms with van der Waals surface area (Å²) in [6, 6.07) is 6.54. The maximum absolute atomic E-state index is 14.0. The molecule has 2 atom stereocenters. The number of pyridine rings is 1. The largest absolute Gasteiger partial charge is 0.479 e. The minimum Gasteiger partial charge on any atom is -0.479 e. The number of nitrogens with two attached hydrogens (primary N) is 2. The average Bonchev–Trinajstić information content (AvgIpc) is 2.87. The van der Waals surface area contributed by atoms with Crippen molar-refractivity contribution in [3.05, 3.63) is 70.6 Å². The van der Waals surface area contributed by atoms with E-state index in [4.69, 9.17) is 16.9 Å². The minimum absolute atomic E-state index is 0. The van der Waals surface area contributed by atoms with Gasteiger partial charge in [0.2, 0.25) is 10.0 Å². The van der Waals surface area contributed by atoms with E-state index in [9.17, 15) is 23.1 Å². The topological polar surface area (TPSA) is 184 Å². The second kappa shape index (κ2) is 12.8. The lowest BCUT2D eigenvalue weighted by atomic mass is 9.80. The molecule has 14 heteroatoms. The van der Waals surface area contributed by atoms with Crippen LogP contribution < -0.4 is 11.5 Å². The smallest absolute Gasteiger partial charge is 0.333 e. The van der Waals surface area contributed by atoms with Crippen molar-refractivity contribution < 1.29 is 23.1 Å². The number of Topliss-reactive ketones (excluding diaryl/α,β-unsaturated/α-hetero) is 1. The predicted molar refractivity (Wildman–Crippen MR) is 156 cm³/mol. The van der Waals surface area contributed by atoms with Gasteiger partial charge in [0.25, 0.3) is 0 Å². The Morgan fingerprint density at radius 2 is 1.90 bits per heavy atom. The molecule has 0 spiro atoms. The second-order valence-electron chi connectivity index (χ2n) is 9.98. The SMILES string of the molecule is CC1=CCN(S(=O)(=O)c2ccc3c(c2)CN(C)CC3)[C@@](C(=O)O)(C(=O)C(N)Cc2ccnc(C(=N)N)c2)C1.Cl.Cl. The number of benzene rings is 1. The number of rotatable bonds is 8. The summed E-state index contributed by atoms with van der Waals surface area (Å²) in [5.41, 5.74) is 12.5. The average molecular weight is 614 g/mol. The Balaban J connectivity index is 0.00000280. The summed E-state index contributed by atoms with van der Waals surface area (Å²) < 4.78 is 28.7. The van der Waals surface area contributed by atoms with Gasteiger partial charge in [-0.3, -0.25) is 15.2 Å². The molecule has 0 fully saturated rings. The number of aliphatic carboxylic acids is 1. The molecule has 2 aliphatic rings. The van der Waals surface area contributed by atoms with E-state index >= 15 is 0 Å². The quantitative estimate of drug-likeness (QED) is 0.148. The number of likely N-dealkylation sites (N-methyl/N-ethyl adjacent to an activating group) is 1. The van der Waals surface area contributed by atoms with Gasteiger partial charge in [-0.1, -0.05) is 17.7 Å². The summed E-state index contributed by atoms with van der Waals surface area (Å²) in [6.45, 7) is 2.81. The molecule has 1 unspecified atom stereocenters. The lowest BCUT2D eigenvalue weighted by Crippen LogP contribution is -2.67. The number of fused-ring (bicyclic) bond motifs is 1. The molecule has 40 heavy (non-hydrogen) atoms. The fourth-order valence-electron chi connectivity index (χ4n) is 5.12. The lowest BCUT2D eigenvalue weighted by molar-refractivity contribution is -0.155. The van der Waals surface area contributed by atoms with E-state index in [1.807, 2.05) is 7.05 Å². The fourth-order valence-corrected chi connectivity index (χ4v) is 6.82. The van der Waals surface area contributed by atoms with Gasteiger partial charge in [-0.15, -0.1) is 24.8 Å². The first kappa shape index (κ1) is 33.3. The first-order valence-electron chi connectivity index (χ1n) is 12.2. The highest BCUT2D eigenvalue weighted by molar-refractivity contribution is 7.89. The molecule has 11 nitrogen and oxygen atoms in total. The maximum atomic E-state index is 14.0. The molecule has 2 aliphatic heterocycles. The number of hydrogen-bond acceptors (Lipinski definition) is 8. The van der Waals surface area contributed by atoms with Crippen LogP contribution in [0.1, 0.15) is 35.7 Å². The molecule has 0 saturated heterocycles. The van der Waals surface area contributed by atoms with Crippen LogP contribution in [0.3, 0.4) is 0 Å². The number of nitrogen functional groups attached to an aromatic ring is 1. The molecule has 3 heterocycles. The first-order chi connectivity index (χ1) is 17.9. The molecule has 1 aromatic heterocycles. The van der Waals surface area contributed by atoms with Crippen LogP contribution in [0.15, 0.2) is 53.1 Å². The highest BCUT2D eigenvalue weighted by atomic mass is 35.5. The molecule has 4 rings (SSSR count). The minimum atomic E-state index is -4.40. The van der Waals surface area contributed by atoms with Gasteiger partial charge in [0, 0.05) is 32.3 Å². The molecule has 0 saturated carbocycles. The molecule has 0 amide bonds. The first-order valence-corrected chi connectivity index (χ1v) is 13.6. The Morgan fingerprint density at radius 3 is 2.55 bits per heavy atom. The fraction of sp³-hybridized carbons (Fsp3) is 0.385. The second-order valence-corrected chi connectivity index (χ2v) is 11.8. The van der Waals surface area contributed by atoms with E-state index in [-0.39, 0.29) is 60.6 Å². The van der Waals surface area contributed by atoms with Crippen LogP contribution in [0.4, 0.5) is 0 Å². The molecule has 2 aromatic rings. The Bertz CT molecular complexity index is 1450.